The summed E-state index contributed by atoms with van der Waals surface area (Å²) in [5.74, 6) is -0.127. The maximum absolute atomic E-state index is 11.6. The van der Waals surface area contributed by atoms with E-state index in [0.717, 1.165) is 0 Å². The van der Waals surface area contributed by atoms with Gasteiger partial charge in [0.05, 0.1) is 18.1 Å². The Morgan fingerprint density at radius 3 is 3.07 bits per heavy atom. The topological polar surface area (TPSA) is 77.1 Å². The summed E-state index contributed by atoms with van der Waals surface area (Å²) >= 11 is 0. The second kappa shape index (κ2) is 2.70. The first-order valence-corrected chi connectivity index (χ1v) is 4.94. The Morgan fingerprint density at radius 1 is 1.47 bits per heavy atom. The smallest absolute Gasteiger partial charge is 0.268 e. The Balaban J connectivity index is 2.10. The number of ketones is 1. The third kappa shape index (κ3) is 1.01. The minimum atomic E-state index is -0.561. The van der Waals surface area contributed by atoms with E-state index in [1.807, 2.05) is 16.8 Å². The average molecular weight is 205 g/mol. The van der Waals surface area contributed by atoms with Crippen LogP contribution < -0.4 is 11.1 Å². The molecule has 5 heteroatoms. The summed E-state index contributed by atoms with van der Waals surface area (Å²) < 4.78 is 1.86. The molecule has 1 fully saturated rings. The van der Waals surface area contributed by atoms with Gasteiger partial charge in [-0.1, -0.05) is 0 Å². The zero-order valence-electron chi connectivity index (χ0n) is 8.01. The molecule has 0 saturated heterocycles. The Hall–Kier alpha value is -1.62. The number of rotatable bonds is 0. The lowest BCUT2D eigenvalue weighted by Gasteiger charge is -2.30. The molecule has 3 rings (SSSR count). The summed E-state index contributed by atoms with van der Waals surface area (Å²) in [7, 11) is 0. The van der Waals surface area contributed by atoms with E-state index in [1.54, 1.807) is 6.07 Å². The molecule has 5 nitrogen and oxygen atoms in total. The Kier molecular flexibility index (Phi) is 1.56. The summed E-state index contributed by atoms with van der Waals surface area (Å²) in [4.78, 5) is 23.1. The van der Waals surface area contributed by atoms with Crippen LogP contribution in [0.5, 0.6) is 0 Å². The van der Waals surface area contributed by atoms with Crippen molar-refractivity contribution in [1.82, 2.24) is 9.88 Å². The molecule has 1 aliphatic heterocycles. The molecular formula is C10H11N3O2. The van der Waals surface area contributed by atoms with Gasteiger partial charge in [0.2, 0.25) is 0 Å². The number of nitrogens with zero attached hydrogens (tertiary/aromatic N) is 1. The highest BCUT2D eigenvalue weighted by Crippen LogP contribution is 2.31. The Bertz CT molecular complexity index is 451. The first kappa shape index (κ1) is 8.67. The van der Waals surface area contributed by atoms with Crippen molar-refractivity contribution in [3.63, 3.8) is 0 Å². The number of fused-ring (bicyclic) bond motifs is 3. The van der Waals surface area contributed by atoms with Crippen molar-refractivity contribution >= 4 is 11.7 Å². The molecule has 1 saturated carbocycles. The van der Waals surface area contributed by atoms with E-state index < -0.39 is 6.04 Å². The van der Waals surface area contributed by atoms with Gasteiger partial charge in [-0.05, 0) is 12.1 Å². The Labute approximate surface area is 86.2 Å². The molecule has 0 radical (unpaired) electrons. The molecule has 15 heavy (non-hydrogen) atoms. The Morgan fingerprint density at radius 2 is 2.27 bits per heavy atom. The molecule has 0 spiro atoms. The van der Waals surface area contributed by atoms with E-state index >= 15 is 0 Å². The number of aromatic nitrogens is 1. The van der Waals surface area contributed by atoms with Crippen LogP contribution in [-0.4, -0.2) is 28.3 Å². The zero-order chi connectivity index (χ0) is 10.6. The molecule has 2 heterocycles. The number of nitrogens with two attached hydrogens (primary N) is 1. The van der Waals surface area contributed by atoms with Crippen molar-refractivity contribution in [2.24, 2.45) is 5.73 Å². The monoisotopic (exact) mass is 205 g/mol. The predicted octanol–water partition coefficient (Wildman–Crippen LogP) is -0.559. The van der Waals surface area contributed by atoms with Crippen molar-refractivity contribution in [1.29, 1.82) is 0 Å². The molecule has 1 aromatic rings. The van der Waals surface area contributed by atoms with Gasteiger partial charge in [-0.15, -0.1) is 0 Å². The van der Waals surface area contributed by atoms with Crippen LogP contribution in [0.1, 0.15) is 23.0 Å². The lowest BCUT2D eigenvalue weighted by atomic mass is 10.1. The van der Waals surface area contributed by atoms with Crippen LogP contribution in [0.3, 0.4) is 0 Å². The molecule has 0 aromatic carbocycles. The number of Topliss-reactive ketones (excluding diaryl/α,β-unsaturated/α-hetero) is 1. The lowest BCUT2D eigenvalue weighted by molar-refractivity contribution is -0.118. The van der Waals surface area contributed by atoms with Gasteiger partial charge in [-0.25, -0.2) is 0 Å². The zero-order valence-corrected chi connectivity index (χ0v) is 8.01. The number of carbonyl (C=O) groups is 2. The van der Waals surface area contributed by atoms with Crippen molar-refractivity contribution < 1.29 is 9.59 Å². The van der Waals surface area contributed by atoms with Crippen LogP contribution in [0.4, 0.5) is 0 Å². The molecule has 0 unspecified atom stereocenters. The molecule has 1 amide bonds. The minimum Gasteiger partial charge on any atom is -0.344 e. The standard InChI is InChI=1S/C10H11N3O2/c11-8-7(14)4-6-9(8)12-10(15)5-2-1-3-13(5)6/h1-3,6,8-9H,4,11H2,(H,12,15)/t6-,8-,9-/m1/s1. The van der Waals surface area contributed by atoms with Gasteiger partial charge in [0.1, 0.15) is 5.69 Å². The molecule has 78 valence electrons. The molecule has 1 aliphatic carbocycles. The van der Waals surface area contributed by atoms with Gasteiger partial charge < -0.3 is 15.6 Å². The van der Waals surface area contributed by atoms with Crippen molar-refractivity contribution in [3.05, 3.63) is 24.0 Å². The highest BCUT2D eigenvalue weighted by Gasteiger charge is 2.45. The first-order chi connectivity index (χ1) is 7.18. The summed E-state index contributed by atoms with van der Waals surface area (Å²) in [6.45, 7) is 0. The van der Waals surface area contributed by atoms with Crippen molar-refractivity contribution in [2.75, 3.05) is 0 Å². The van der Waals surface area contributed by atoms with Crippen LogP contribution in [-0.2, 0) is 4.79 Å². The summed E-state index contributed by atoms with van der Waals surface area (Å²) in [5.41, 5.74) is 6.35. The number of hydrogen-bond acceptors (Lipinski definition) is 3. The van der Waals surface area contributed by atoms with E-state index in [2.05, 4.69) is 5.32 Å². The molecule has 2 aliphatic rings. The van der Waals surface area contributed by atoms with Crippen LogP contribution in [0.2, 0.25) is 0 Å². The maximum atomic E-state index is 11.6. The fourth-order valence-corrected chi connectivity index (χ4v) is 2.47. The summed E-state index contributed by atoms with van der Waals surface area (Å²) in [6, 6.07) is 2.75. The fraction of sp³-hybridized carbons (Fsp3) is 0.400. The van der Waals surface area contributed by atoms with Gasteiger partial charge in [-0.3, -0.25) is 9.59 Å². The fourth-order valence-electron chi connectivity index (χ4n) is 2.47. The molecule has 1 aromatic heterocycles. The number of hydrogen-bond donors (Lipinski definition) is 2. The van der Waals surface area contributed by atoms with Gasteiger partial charge in [0.15, 0.2) is 5.78 Å². The highest BCUT2D eigenvalue weighted by molar-refractivity contribution is 5.97. The van der Waals surface area contributed by atoms with Crippen LogP contribution in [0, 0.1) is 0 Å². The van der Waals surface area contributed by atoms with Crippen LogP contribution in [0.25, 0.3) is 0 Å². The van der Waals surface area contributed by atoms with E-state index in [0.29, 0.717) is 12.1 Å². The average Bonchev–Trinajstić information content (AvgIpc) is 2.77. The van der Waals surface area contributed by atoms with Crippen molar-refractivity contribution in [2.45, 2.75) is 24.5 Å². The number of nitrogens with one attached hydrogen (secondary N) is 1. The van der Waals surface area contributed by atoms with Crippen molar-refractivity contribution in [3.8, 4) is 0 Å². The summed E-state index contributed by atoms with van der Waals surface area (Å²) in [5, 5.41) is 2.80. The second-order valence-corrected chi connectivity index (χ2v) is 4.06. The van der Waals surface area contributed by atoms with Gasteiger partial charge in [-0.2, -0.15) is 0 Å². The molecule has 0 bridgehead atoms. The quantitative estimate of drug-likeness (QED) is 0.596. The highest BCUT2D eigenvalue weighted by atomic mass is 16.2. The molecule has 3 N–H and O–H groups in total. The SMILES string of the molecule is N[C@@H]1C(=O)C[C@@H]2[C@H]1NC(=O)c1cccn12. The van der Waals surface area contributed by atoms with Crippen LogP contribution >= 0.6 is 0 Å². The summed E-state index contributed by atoms with van der Waals surface area (Å²) in [6.07, 6.45) is 2.24. The van der Waals surface area contributed by atoms with Gasteiger partial charge in [0, 0.05) is 12.6 Å². The largest absolute Gasteiger partial charge is 0.344 e. The van der Waals surface area contributed by atoms with Crippen LogP contribution in [0.15, 0.2) is 18.3 Å². The van der Waals surface area contributed by atoms with Gasteiger partial charge in [0.25, 0.3) is 5.91 Å². The van der Waals surface area contributed by atoms with E-state index in [-0.39, 0.29) is 23.8 Å². The maximum Gasteiger partial charge on any atom is 0.268 e. The van der Waals surface area contributed by atoms with Gasteiger partial charge >= 0.3 is 0 Å². The van der Waals surface area contributed by atoms with E-state index in [9.17, 15) is 9.59 Å². The minimum absolute atomic E-state index is 0.00444. The molecular weight excluding hydrogens is 194 g/mol. The van der Waals surface area contributed by atoms with E-state index in [4.69, 9.17) is 5.73 Å². The lowest BCUT2D eigenvalue weighted by Crippen LogP contribution is -2.53. The second-order valence-electron chi connectivity index (χ2n) is 4.06. The first-order valence-electron chi connectivity index (χ1n) is 4.94. The number of carbonyl (C=O) groups excluding carboxylic acids is 2. The molecule has 3 atom stereocenters. The number of amides is 1. The third-order valence-corrected chi connectivity index (χ3v) is 3.25. The van der Waals surface area contributed by atoms with E-state index in [1.165, 1.54) is 0 Å². The predicted molar refractivity (Wildman–Crippen MR) is 52.3 cm³/mol. The third-order valence-electron chi connectivity index (χ3n) is 3.25. The normalized spacial score (nSPS) is 33.5.